The second kappa shape index (κ2) is 5.51. The number of rotatable bonds is 4. The summed E-state index contributed by atoms with van der Waals surface area (Å²) in [6.07, 6.45) is 0.959. The minimum Gasteiger partial charge on any atom is -0.330 e. The lowest BCUT2D eigenvalue weighted by atomic mass is 9.90. The van der Waals surface area contributed by atoms with Crippen molar-refractivity contribution in [2.24, 2.45) is 5.73 Å². The van der Waals surface area contributed by atoms with E-state index in [0.29, 0.717) is 6.54 Å². The summed E-state index contributed by atoms with van der Waals surface area (Å²) in [5, 5.41) is 3.28. The molecule has 0 saturated carbocycles. The molecular formula is C14H17BrN2S. The number of benzene rings is 1. The third kappa shape index (κ3) is 2.99. The Morgan fingerprint density at radius 2 is 1.94 bits per heavy atom. The van der Waals surface area contributed by atoms with Crippen LogP contribution in [-0.4, -0.2) is 11.5 Å². The summed E-state index contributed by atoms with van der Waals surface area (Å²) in [7, 11) is 0. The molecule has 1 aromatic heterocycles. The zero-order valence-electron chi connectivity index (χ0n) is 10.6. The first-order chi connectivity index (χ1) is 8.53. The lowest BCUT2D eigenvalue weighted by molar-refractivity contribution is 0.485. The van der Waals surface area contributed by atoms with Crippen molar-refractivity contribution >= 4 is 27.3 Å². The zero-order chi connectivity index (χ0) is 13.2. The Labute approximate surface area is 120 Å². The van der Waals surface area contributed by atoms with Gasteiger partial charge < -0.3 is 5.73 Å². The summed E-state index contributed by atoms with van der Waals surface area (Å²) >= 11 is 5.16. The van der Waals surface area contributed by atoms with Crippen molar-refractivity contribution in [2.75, 3.05) is 6.54 Å². The third-order valence-electron chi connectivity index (χ3n) is 2.99. The van der Waals surface area contributed by atoms with Crippen LogP contribution in [0.5, 0.6) is 0 Å². The first-order valence-electron chi connectivity index (χ1n) is 5.95. The Kier molecular flexibility index (Phi) is 4.20. The van der Waals surface area contributed by atoms with Crippen LogP contribution >= 0.6 is 27.3 Å². The van der Waals surface area contributed by atoms with Crippen LogP contribution in [0.3, 0.4) is 0 Å². The van der Waals surface area contributed by atoms with E-state index < -0.39 is 0 Å². The molecule has 2 aromatic rings. The molecule has 0 saturated heterocycles. The van der Waals surface area contributed by atoms with Crippen LogP contribution in [0, 0.1) is 0 Å². The van der Waals surface area contributed by atoms with Gasteiger partial charge in [0.2, 0.25) is 0 Å². The summed E-state index contributed by atoms with van der Waals surface area (Å²) in [5.41, 5.74) is 7.93. The standard InChI is InChI=1S/C14H17BrN2S/c1-14(2,7-8-16)13-17-12(9-18-13)10-3-5-11(15)6-4-10/h3-6,9H,7-8,16H2,1-2H3. The lowest BCUT2D eigenvalue weighted by Gasteiger charge is -2.20. The highest BCUT2D eigenvalue weighted by Crippen LogP contribution is 2.32. The summed E-state index contributed by atoms with van der Waals surface area (Å²) in [5.74, 6) is 0. The van der Waals surface area contributed by atoms with E-state index in [-0.39, 0.29) is 5.41 Å². The number of nitrogens with two attached hydrogens (primary N) is 1. The summed E-state index contributed by atoms with van der Waals surface area (Å²) in [6.45, 7) is 5.09. The minimum absolute atomic E-state index is 0.0625. The van der Waals surface area contributed by atoms with E-state index in [1.165, 1.54) is 0 Å². The van der Waals surface area contributed by atoms with Gasteiger partial charge in [0.25, 0.3) is 0 Å². The average molecular weight is 325 g/mol. The van der Waals surface area contributed by atoms with E-state index in [4.69, 9.17) is 10.7 Å². The number of thiazole rings is 1. The van der Waals surface area contributed by atoms with Crippen molar-refractivity contribution in [3.05, 3.63) is 39.1 Å². The Balaban J connectivity index is 2.28. The molecule has 2 nitrogen and oxygen atoms in total. The van der Waals surface area contributed by atoms with Crippen molar-refractivity contribution in [1.82, 2.24) is 4.98 Å². The SMILES string of the molecule is CC(C)(CCN)c1nc(-c2ccc(Br)cc2)cs1. The van der Waals surface area contributed by atoms with Crippen molar-refractivity contribution in [2.45, 2.75) is 25.7 Å². The van der Waals surface area contributed by atoms with Gasteiger partial charge in [-0.1, -0.05) is 41.9 Å². The molecule has 2 N–H and O–H groups in total. The molecule has 1 heterocycles. The maximum absolute atomic E-state index is 5.66. The largest absolute Gasteiger partial charge is 0.330 e. The lowest BCUT2D eigenvalue weighted by Crippen LogP contribution is -2.21. The molecule has 2 rings (SSSR count). The molecule has 0 aliphatic carbocycles. The normalized spacial score (nSPS) is 11.8. The first kappa shape index (κ1) is 13.7. The van der Waals surface area contributed by atoms with Gasteiger partial charge in [-0.3, -0.25) is 0 Å². The second-order valence-corrected chi connectivity index (χ2v) is 6.74. The number of halogens is 1. The van der Waals surface area contributed by atoms with Crippen LogP contribution in [0.1, 0.15) is 25.3 Å². The van der Waals surface area contributed by atoms with Crippen molar-refractivity contribution < 1.29 is 0 Å². The highest BCUT2D eigenvalue weighted by molar-refractivity contribution is 9.10. The number of aromatic nitrogens is 1. The van der Waals surface area contributed by atoms with Crippen LogP contribution in [0.2, 0.25) is 0 Å². The predicted octanol–water partition coefficient (Wildman–Crippen LogP) is 4.20. The van der Waals surface area contributed by atoms with Gasteiger partial charge in [-0.25, -0.2) is 4.98 Å². The highest BCUT2D eigenvalue weighted by atomic mass is 79.9. The quantitative estimate of drug-likeness (QED) is 0.915. The first-order valence-corrected chi connectivity index (χ1v) is 7.62. The molecule has 1 aromatic carbocycles. The molecule has 0 aliphatic heterocycles. The zero-order valence-corrected chi connectivity index (χ0v) is 13.0. The number of nitrogens with zero attached hydrogens (tertiary/aromatic N) is 1. The van der Waals surface area contributed by atoms with Crippen molar-refractivity contribution in [1.29, 1.82) is 0 Å². The minimum atomic E-state index is 0.0625. The van der Waals surface area contributed by atoms with E-state index in [1.54, 1.807) is 11.3 Å². The van der Waals surface area contributed by atoms with E-state index in [9.17, 15) is 0 Å². The Morgan fingerprint density at radius 1 is 1.28 bits per heavy atom. The highest BCUT2D eigenvalue weighted by Gasteiger charge is 2.23. The van der Waals surface area contributed by atoms with Crippen LogP contribution in [-0.2, 0) is 5.41 Å². The van der Waals surface area contributed by atoms with Crippen molar-refractivity contribution in [3.63, 3.8) is 0 Å². The monoisotopic (exact) mass is 324 g/mol. The summed E-state index contributed by atoms with van der Waals surface area (Å²) in [6, 6.07) is 8.25. The molecule has 18 heavy (non-hydrogen) atoms. The van der Waals surface area contributed by atoms with Crippen LogP contribution in [0.4, 0.5) is 0 Å². The topological polar surface area (TPSA) is 38.9 Å². The fourth-order valence-corrected chi connectivity index (χ4v) is 3.05. The van der Waals surface area contributed by atoms with Gasteiger partial charge in [-0.15, -0.1) is 11.3 Å². The fourth-order valence-electron chi connectivity index (χ4n) is 1.81. The summed E-state index contributed by atoms with van der Waals surface area (Å²) < 4.78 is 1.09. The van der Waals surface area contributed by atoms with E-state index in [0.717, 1.165) is 27.2 Å². The molecule has 0 amide bonds. The van der Waals surface area contributed by atoms with E-state index >= 15 is 0 Å². The van der Waals surface area contributed by atoms with Gasteiger partial charge in [0.1, 0.15) is 0 Å². The molecule has 0 spiro atoms. The third-order valence-corrected chi connectivity index (χ3v) is 4.73. The maximum Gasteiger partial charge on any atom is 0.0989 e. The van der Waals surface area contributed by atoms with Gasteiger partial charge in [0, 0.05) is 20.8 Å². The maximum atomic E-state index is 5.66. The van der Waals surface area contributed by atoms with Gasteiger partial charge in [0.05, 0.1) is 10.7 Å². The molecule has 4 heteroatoms. The molecule has 0 fully saturated rings. The van der Waals surface area contributed by atoms with Crippen LogP contribution < -0.4 is 5.73 Å². The molecular weight excluding hydrogens is 308 g/mol. The fraction of sp³-hybridized carbons (Fsp3) is 0.357. The molecule has 96 valence electrons. The molecule has 0 bridgehead atoms. The van der Waals surface area contributed by atoms with Gasteiger partial charge in [0.15, 0.2) is 0 Å². The number of hydrogen-bond donors (Lipinski definition) is 1. The average Bonchev–Trinajstić information content (AvgIpc) is 2.80. The Hall–Kier alpha value is -0.710. The van der Waals surface area contributed by atoms with Gasteiger partial charge in [-0.05, 0) is 25.1 Å². The Morgan fingerprint density at radius 3 is 2.56 bits per heavy atom. The van der Waals surface area contributed by atoms with Gasteiger partial charge >= 0.3 is 0 Å². The molecule has 0 radical (unpaired) electrons. The van der Waals surface area contributed by atoms with E-state index in [2.05, 4.69) is 47.3 Å². The predicted molar refractivity (Wildman–Crippen MR) is 81.9 cm³/mol. The van der Waals surface area contributed by atoms with E-state index in [1.807, 2.05) is 12.1 Å². The second-order valence-electron chi connectivity index (χ2n) is 4.97. The van der Waals surface area contributed by atoms with Gasteiger partial charge in [-0.2, -0.15) is 0 Å². The van der Waals surface area contributed by atoms with Crippen LogP contribution in [0.25, 0.3) is 11.3 Å². The van der Waals surface area contributed by atoms with Crippen LogP contribution in [0.15, 0.2) is 34.1 Å². The molecule has 0 atom stereocenters. The number of hydrogen-bond acceptors (Lipinski definition) is 3. The smallest absolute Gasteiger partial charge is 0.0989 e. The summed E-state index contributed by atoms with van der Waals surface area (Å²) in [4.78, 5) is 4.75. The Bertz CT molecular complexity index is 517. The molecule has 0 aliphatic rings. The molecule has 0 unspecified atom stereocenters. The van der Waals surface area contributed by atoms with Crippen molar-refractivity contribution in [3.8, 4) is 11.3 Å².